The number of rotatable bonds is 11. The molecule has 0 radical (unpaired) electrons. The molecule has 0 amide bonds. The Morgan fingerprint density at radius 3 is 2.57 bits per heavy atom. The second-order valence-corrected chi connectivity index (χ2v) is 6.47. The summed E-state index contributed by atoms with van der Waals surface area (Å²) in [5.41, 5.74) is -0.501. The first-order chi connectivity index (χ1) is 10.1. The smallest absolute Gasteiger partial charge is 0.327 e. The molecule has 2 fully saturated rings. The summed E-state index contributed by atoms with van der Waals surface area (Å²) in [6, 6.07) is 0.502. The molecule has 5 heteroatoms. The molecule has 0 saturated heterocycles. The van der Waals surface area contributed by atoms with Crippen LogP contribution in [0.1, 0.15) is 39.0 Å². The molecule has 2 aliphatic carbocycles. The van der Waals surface area contributed by atoms with Crippen LogP contribution in [0.5, 0.6) is 0 Å². The van der Waals surface area contributed by atoms with Crippen LogP contribution in [0.3, 0.4) is 0 Å². The molecule has 5 nitrogen and oxygen atoms in total. The Balaban J connectivity index is 2.00. The second-order valence-electron chi connectivity index (χ2n) is 6.47. The lowest BCUT2D eigenvalue weighted by molar-refractivity contribution is -0.153. The van der Waals surface area contributed by atoms with E-state index in [1.165, 1.54) is 12.8 Å². The van der Waals surface area contributed by atoms with E-state index in [0.29, 0.717) is 18.6 Å². The summed E-state index contributed by atoms with van der Waals surface area (Å²) >= 11 is 0. The molecule has 1 atom stereocenters. The first-order valence-corrected chi connectivity index (χ1v) is 8.24. The van der Waals surface area contributed by atoms with Crippen molar-refractivity contribution in [1.29, 1.82) is 0 Å². The summed E-state index contributed by atoms with van der Waals surface area (Å²) in [5.74, 6) is 0.375. The van der Waals surface area contributed by atoms with Crippen molar-refractivity contribution in [2.45, 2.75) is 50.6 Å². The molecule has 2 saturated carbocycles. The Labute approximate surface area is 128 Å². The first kappa shape index (κ1) is 16.7. The largest absolute Gasteiger partial charge is 0.465 e. The van der Waals surface area contributed by atoms with Gasteiger partial charge in [0.25, 0.3) is 0 Å². The number of likely N-dealkylation sites (N-methyl/N-ethyl adjacent to an activating group) is 1. The molecule has 1 unspecified atom stereocenters. The summed E-state index contributed by atoms with van der Waals surface area (Å²) in [5, 5.41) is 3.62. The zero-order valence-corrected chi connectivity index (χ0v) is 13.7. The number of carbonyl (C=O) groups is 1. The van der Waals surface area contributed by atoms with Crippen molar-refractivity contribution in [2.24, 2.45) is 5.92 Å². The number of esters is 1. The highest BCUT2D eigenvalue weighted by Crippen LogP contribution is 2.42. The van der Waals surface area contributed by atoms with E-state index in [1.807, 2.05) is 6.92 Å². The molecule has 0 heterocycles. The summed E-state index contributed by atoms with van der Waals surface area (Å²) in [7, 11) is 3.81. The average molecular weight is 298 g/mol. The third-order valence-electron chi connectivity index (χ3n) is 4.36. The van der Waals surface area contributed by atoms with Crippen LogP contribution in [0.2, 0.25) is 0 Å². The van der Waals surface area contributed by atoms with Crippen molar-refractivity contribution in [3.8, 4) is 0 Å². The first-order valence-electron chi connectivity index (χ1n) is 8.24. The van der Waals surface area contributed by atoms with Crippen molar-refractivity contribution >= 4 is 5.97 Å². The Hall–Kier alpha value is -0.650. The molecule has 0 spiro atoms. The number of ether oxygens (including phenoxy) is 2. The number of hydrogen-bond donors (Lipinski definition) is 1. The average Bonchev–Trinajstić information content (AvgIpc) is 3.31. The van der Waals surface area contributed by atoms with Gasteiger partial charge in [0.2, 0.25) is 0 Å². The van der Waals surface area contributed by atoms with Crippen LogP contribution in [0.25, 0.3) is 0 Å². The van der Waals surface area contributed by atoms with Gasteiger partial charge in [-0.05, 0) is 52.0 Å². The lowest BCUT2D eigenvalue weighted by atomic mass is 9.91. The fourth-order valence-electron chi connectivity index (χ4n) is 2.99. The van der Waals surface area contributed by atoms with E-state index in [1.54, 1.807) is 7.11 Å². The van der Waals surface area contributed by atoms with Crippen LogP contribution < -0.4 is 5.32 Å². The second kappa shape index (κ2) is 7.56. The minimum absolute atomic E-state index is 0.0574. The number of nitrogens with zero attached hydrogens (tertiary/aromatic N) is 1. The number of methoxy groups -OCH3 is 1. The van der Waals surface area contributed by atoms with Crippen molar-refractivity contribution in [2.75, 3.05) is 40.5 Å². The maximum absolute atomic E-state index is 12.6. The van der Waals surface area contributed by atoms with Gasteiger partial charge in [-0.15, -0.1) is 0 Å². The lowest BCUT2D eigenvalue weighted by Crippen LogP contribution is -2.61. The number of carbonyl (C=O) groups excluding carboxylic acids is 1. The highest BCUT2D eigenvalue weighted by molar-refractivity contribution is 5.82. The minimum Gasteiger partial charge on any atom is -0.465 e. The Bertz CT molecular complexity index is 342. The van der Waals surface area contributed by atoms with Gasteiger partial charge in [-0.1, -0.05) is 0 Å². The van der Waals surface area contributed by atoms with E-state index in [0.717, 1.165) is 39.0 Å². The zero-order valence-electron chi connectivity index (χ0n) is 13.7. The quantitative estimate of drug-likeness (QED) is 0.462. The maximum atomic E-state index is 12.6. The minimum atomic E-state index is -0.501. The topological polar surface area (TPSA) is 50.8 Å². The normalized spacial score (nSPS) is 21.3. The van der Waals surface area contributed by atoms with Crippen LogP contribution in [0.4, 0.5) is 0 Å². The van der Waals surface area contributed by atoms with E-state index < -0.39 is 5.54 Å². The van der Waals surface area contributed by atoms with E-state index >= 15 is 0 Å². The van der Waals surface area contributed by atoms with Gasteiger partial charge in [0, 0.05) is 32.8 Å². The Morgan fingerprint density at radius 1 is 1.33 bits per heavy atom. The molecular formula is C16H30N2O3. The van der Waals surface area contributed by atoms with Gasteiger partial charge in [-0.25, -0.2) is 4.79 Å². The standard InChI is InChI=1S/C16H30N2O3/c1-4-21-15(19)16(13-6-7-13,17-14-8-9-14)12-18(2)10-5-11-20-3/h13-14,17H,4-12H2,1-3H3. The van der Waals surface area contributed by atoms with Crippen LogP contribution in [0.15, 0.2) is 0 Å². The lowest BCUT2D eigenvalue weighted by Gasteiger charge is -2.36. The third-order valence-corrected chi connectivity index (χ3v) is 4.36. The van der Waals surface area contributed by atoms with Crippen LogP contribution >= 0.6 is 0 Å². The van der Waals surface area contributed by atoms with Gasteiger partial charge in [0.1, 0.15) is 5.54 Å². The summed E-state index contributed by atoms with van der Waals surface area (Å²) < 4.78 is 10.5. The van der Waals surface area contributed by atoms with Gasteiger partial charge >= 0.3 is 5.97 Å². The fourth-order valence-corrected chi connectivity index (χ4v) is 2.99. The van der Waals surface area contributed by atoms with Crippen LogP contribution in [-0.2, 0) is 14.3 Å². The predicted octanol–water partition coefficient (Wildman–Crippen LogP) is 1.42. The molecule has 2 rings (SSSR count). The molecule has 0 aromatic heterocycles. The zero-order chi connectivity index (χ0) is 15.3. The predicted molar refractivity (Wildman–Crippen MR) is 82.2 cm³/mol. The van der Waals surface area contributed by atoms with Crippen LogP contribution in [0, 0.1) is 5.92 Å². The number of nitrogens with one attached hydrogen (secondary N) is 1. The van der Waals surface area contributed by atoms with E-state index in [2.05, 4.69) is 17.3 Å². The highest BCUT2D eigenvalue weighted by Gasteiger charge is 2.54. The monoisotopic (exact) mass is 298 g/mol. The van der Waals surface area contributed by atoms with Crippen molar-refractivity contribution in [3.05, 3.63) is 0 Å². The van der Waals surface area contributed by atoms with Crippen molar-refractivity contribution in [1.82, 2.24) is 10.2 Å². The van der Waals surface area contributed by atoms with Gasteiger partial charge in [0.15, 0.2) is 0 Å². The van der Waals surface area contributed by atoms with E-state index in [-0.39, 0.29) is 5.97 Å². The molecule has 0 aliphatic heterocycles. The third kappa shape index (κ3) is 4.66. The molecule has 1 N–H and O–H groups in total. The van der Waals surface area contributed by atoms with E-state index in [9.17, 15) is 4.79 Å². The molecule has 21 heavy (non-hydrogen) atoms. The summed E-state index contributed by atoms with van der Waals surface area (Å²) in [4.78, 5) is 14.9. The Kier molecular flexibility index (Phi) is 6.02. The molecular weight excluding hydrogens is 268 g/mol. The van der Waals surface area contributed by atoms with Gasteiger partial charge in [-0.2, -0.15) is 0 Å². The SMILES string of the molecule is CCOC(=O)C(CN(C)CCCOC)(NC1CC1)C1CC1. The molecule has 122 valence electrons. The number of hydrogen-bond acceptors (Lipinski definition) is 5. The molecule has 2 aliphatic rings. The van der Waals surface area contributed by atoms with Crippen molar-refractivity contribution in [3.63, 3.8) is 0 Å². The van der Waals surface area contributed by atoms with Gasteiger partial charge in [-0.3, -0.25) is 5.32 Å². The maximum Gasteiger partial charge on any atom is 0.327 e. The van der Waals surface area contributed by atoms with E-state index in [4.69, 9.17) is 9.47 Å². The highest BCUT2D eigenvalue weighted by atomic mass is 16.5. The van der Waals surface area contributed by atoms with Crippen LogP contribution in [-0.4, -0.2) is 62.9 Å². The van der Waals surface area contributed by atoms with Gasteiger partial charge in [0.05, 0.1) is 6.61 Å². The summed E-state index contributed by atoms with van der Waals surface area (Å²) in [6.45, 7) is 4.77. The van der Waals surface area contributed by atoms with Gasteiger partial charge < -0.3 is 14.4 Å². The molecule has 0 aromatic carbocycles. The molecule has 0 bridgehead atoms. The fraction of sp³-hybridized carbons (Fsp3) is 0.938. The van der Waals surface area contributed by atoms with Crippen molar-refractivity contribution < 1.29 is 14.3 Å². The molecule has 0 aromatic rings. The summed E-state index contributed by atoms with van der Waals surface area (Å²) in [6.07, 6.45) is 5.61. The Morgan fingerprint density at radius 2 is 2.05 bits per heavy atom.